The molecule has 74 valence electrons. The Kier molecular flexibility index (Phi) is 2.20. The third-order valence-corrected chi connectivity index (χ3v) is 2.58. The van der Waals surface area contributed by atoms with Crippen molar-refractivity contribution in [3.8, 4) is 0 Å². The van der Waals surface area contributed by atoms with Gasteiger partial charge in [-0.2, -0.15) is 5.10 Å². The second kappa shape index (κ2) is 3.38. The third-order valence-electron chi connectivity index (χ3n) is 1.99. The van der Waals surface area contributed by atoms with E-state index >= 15 is 0 Å². The highest BCUT2D eigenvalue weighted by atomic mass is 32.1. The van der Waals surface area contributed by atoms with Crippen molar-refractivity contribution in [3.05, 3.63) is 23.1 Å². The highest BCUT2D eigenvalue weighted by molar-refractivity contribution is 7.09. The molecule has 2 N–H and O–H groups in total. The molecular weight excluding hydrogens is 198 g/mol. The molecule has 0 fully saturated rings. The molecule has 0 aliphatic rings. The van der Waals surface area contributed by atoms with Crippen molar-refractivity contribution in [2.45, 2.75) is 20.4 Å². The van der Waals surface area contributed by atoms with E-state index in [0.717, 1.165) is 17.1 Å². The summed E-state index contributed by atoms with van der Waals surface area (Å²) in [5, 5.41) is 8.93. The van der Waals surface area contributed by atoms with E-state index < -0.39 is 0 Å². The van der Waals surface area contributed by atoms with E-state index in [0.29, 0.717) is 11.5 Å². The number of rotatable bonds is 2. The number of nitrogens with two attached hydrogens (primary N) is 1. The SMILES string of the molecule is Cc1cc(C)n(Cc2nnsc2N)n1. The molecule has 2 aromatic heterocycles. The number of nitrogen functional groups attached to an aromatic ring is 1. The van der Waals surface area contributed by atoms with E-state index in [1.165, 1.54) is 11.5 Å². The van der Waals surface area contributed by atoms with Crippen LogP contribution in [0.2, 0.25) is 0 Å². The molecule has 2 aromatic rings. The smallest absolute Gasteiger partial charge is 0.132 e. The number of hydrogen-bond donors (Lipinski definition) is 1. The molecule has 0 saturated heterocycles. The zero-order chi connectivity index (χ0) is 10.1. The Hall–Kier alpha value is -1.43. The summed E-state index contributed by atoms with van der Waals surface area (Å²) in [4.78, 5) is 0. The lowest BCUT2D eigenvalue weighted by atomic mass is 10.4. The van der Waals surface area contributed by atoms with E-state index in [4.69, 9.17) is 5.73 Å². The summed E-state index contributed by atoms with van der Waals surface area (Å²) >= 11 is 1.21. The second-order valence-electron chi connectivity index (χ2n) is 3.17. The predicted octanol–water partition coefficient (Wildman–Crippen LogP) is 0.982. The van der Waals surface area contributed by atoms with Crippen LogP contribution in [-0.4, -0.2) is 19.4 Å². The molecule has 0 spiro atoms. The van der Waals surface area contributed by atoms with Crippen LogP contribution in [0.15, 0.2) is 6.07 Å². The maximum Gasteiger partial charge on any atom is 0.132 e. The Balaban J connectivity index is 2.27. The molecule has 0 aliphatic carbocycles. The average molecular weight is 209 g/mol. The predicted molar refractivity (Wildman–Crippen MR) is 55.1 cm³/mol. The van der Waals surface area contributed by atoms with Crippen LogP contribution in [0.25, 0.3) is 0 Å². The normalized spacial score (nSPS) is 10.7. The summed E-state index contributed by atoms with van der Waals surface area (Å²) in [5.41, 5.74) is 8.60. The first-order chi connectivity index (χ1) is 6.66. The van der Waals surface area contributed by atoms with Crippen LogP contribution in [0.4, 0.5) is 5.00 Å². The van der Waals surface area contributed by atoms with Gasteiger partial charge >= 0.3 is 0 Å². The molecule has 0 atom stereocenters. The van der Waals surface area contributed by atoms with Crippen molar-refractivity contribution in [2.75, 3.05) is 5.73 Å². The molecule has 0 amide bonds. The Morgan fingerprint density at radius 2 is 2.29 bits per heavy atom. The van der Waals surface area contributed by atoms with Gasteiger partial charge in [-0.15, -0.1) is 5.10 Å². The molecule has 0 saturated carbocycles. The van der Waals surface area contributed by atoms with Gasteiger partial charge < -0.3 is 5.73 Å². The molecule has 2 heterocycles. The largest absolute Gasteiger partial charge is 0.388 e. The molecular formula is C8H11N5S. The average Bonchev–Trinajstić information content (AvgIpc) is 2.62. The van der Waals surface area contributed by atoms with Crippen molar-refractivity contribution >= 4 is 16.5 Å². The minimum atomic E-state index is 0.599. The van der Waals surface area contributed by atoms with Crippen LogP contribution in [0.5, 0.6) is 0 Å². The maximum atomic E-state index is 5.70. The van der Waals surface area contributed by atoms with E-state index in [1.54, 1.807) is 0 Å². The number of hydrogen-bond acceptors (Lipinski definition) is 5. The highest BCUT2D eigenvalue weighted by Crippen LogP contribution is 2.14. The fourth-order valence-electron chi connectivity index (χ4n) is 1.30. The van der Waals surface area contributed by atoms with Gasteiger partial charge in [0.15, 0.2) is 0 Å². The molecule has 6 heteroatoms. The van der Waals surface area contributed by atoms with Gasteiger partial charge in [0.2, 0.25) is 0 Å². The lowest BCUT2D eigenvalue weighted by molar-refractivity contribution is 0.646. The number of nitrogens with zero attached hydrogens (tertiary/aromatic N) is 4. The Morgan fingerprint density at radius 3 is 2.79 bits per heavy atom. The van der Waals surface area contributed by atoms with Gasteiger partial charge in [-0.3, -0.25) is 4.68 Å². The Bertz CT molecular complexity index is 444. The Morgan fingerprint density at radius 1 is 1.50 bits per heavy atom. The third kappa shape index (κ3) is 1.60. The first kappa shape index (κ1) is 9.14. The fraction of sp³-hybridized carbons (Fsp3) is 0.375. The van der Waals surface area contributed by atoms with E-state index in [-0.39, 0.29) is 0 Å². The topological polar surface area (TPSA) is 69.6 Å². The second-order valence-corrected chi connectivity index (χ2v) is 3.95. The molecule has 0 unspecified atom stereocenters. The molecule has 2 rings (SSSR count). The number of aryl methyl sites for hydroxylation is 2. The molecule has 0 aliphatic heterocycles. The van der Waals surface area contributed by atoms with Crippen LogP contribution in [0.1, 0.15) is 17.1 Å². The van der Waals surface area contributed by atoms with E-state index in [2.05, 4.69) is 14.7 Å². The number of aromatic nitrogens is 4. The van der Waals surface area contributed by atoms with Gasteiger partial charge in [-0.25, -0.2) is 0 Å². The first-order valence-corrected chi connectivity index (χ1v) is 5.02. The quantitative estimate of drug-likeness (QED) is 0.800. The van der Waals surface area contributed by atoms with Crippen LogP contribution in [-0.2, 0) is 6.54 Å². The lowest BCUT2D eigenvalue weighted by Gasteiger charge is -2.00. The standard InChI is InChI=1S/C8H11N5S/c1-5-3-6(2)13(11-5)4-7-8(9)14-12-10-7/h3H,4,9H2,1-2H3. The summed E-state index contributed by atoms with van der Waals surface area (Å²) in [7, 11) is 0. The minimum Gasteiger partial charge on any atom is -0.388 e. The summed E-state index contributed by atoms with van der Waals surface area (Å²) < 4.78 is 5.66. The van der Waals surface area contributed by atoms with Crippen molar-refractivity contribution < 1.29 is 0 Å². The summed E-state index contributed by atoms with van der Waals surface area (Å²) in [6.07, 6.45) is 0. The molecule has 14 heavy (non-hydrogen) atoms. The summed E-state index contributed by atoms with van der Waals surface area (Å²) in [6, 6.07) is 2.02. The summed E-state index contributed by atoms with van der Waals surface area (Å²) in [5.74, 6) is 0. The Labute approximate surface area is 85.7 Å². The molecule has 0 aromatic carbocycles. The monoisotopic (exact) mass is 209 g/mol. The minimum absolute atomic E-state index is 0.599. The zero-order valence-corrected chi connectivity index (χ0v) is 8.88. The van der Waals surface area contributed by atoms with Gasteiger partial charge in [0.05, 0.1) is 12.2 Å². The van der Waals surface area contributed by atoms with Gasteiger partial charge in [-0.05, 0) is 19.9 Å². The first-order valence-electron chi connectivity index (χ1n) is 4.24. The van der Waals surface area contributed by atoms with E-state index in [9.17, 15) is 0 Å². The lowest BCUT2D eigenvalue weighted by Crippen LogP contribution is -2.05. The number of anilines is 1. The van der Waals surface area contributed by atoms with Crippen molar-refractivity contribution in [1.29, 1.82) is 0 Å². The van der Waals surface area contributed by atoms with Crippen LogP contribution in [0, 0.1) is 13.8 Å². The maximum absolute atomic E-state index is 5.70. The van der Waals surface area contributed by atoms with Crippen molar-refractivity contribution in [3.63, 3.8) is 0 Å². The van der Waals surface area contributed by atoms with Crippen LogP contribution >= 0.6 is 11.5 Å². The van der Waals surface area contributed by atoms with Crippen LogP contribution < -0.4 is 5.73 Å². The van der Waals surface area contributed by atoms with Gasteiger partial charge in [0.1, 0.15) is 10.7 Å². The van der Waals surface area contributed by atoms with Gasteiger partial charge in [0.25, 0.3) is 0 Å². The summed E-state index contributed by atoms with van der Waals surface area (Å²) in [6.45, 7) is 4.57. The molecule has 0 bridgehead atoms. The van der Waals surface area contributed by atoms with Crippen LogP contribution in [0.3, 0.4) is 0 Å². The fourth-order valence-corrected chi connectivity index (χ4v) is 1.74. The van der Waals surface area contributed by atoms with E-state index in [1.807, 2.05) is 24.6 Å². The van der Waals surface area contributed by atoms with Crippen molar-refractivity contribution in [2.24, 2.45) is 0 Å². The van der Waals surface area contributed by atoms with Gasteiger partial charge in [0, 0.05) is 17.2 Å². The zero-order valence-electron chi connectivity index (χ0n) is 8.06. The molecule has 0 radical (unpaired) electrons. The highest BCUT2D eigenvalue weighted by Gasteiger charge is 2.07. The molecule has 5 nitrogen and oxygen atoms in total. The van der Waals surface area contributed by atoms with Gasteiger partial charge in [-0.1, -0.05) is 4.49 Å². The van der Waals surface area contributed by atoms with Crippen molar-refractivity contribution in [1.82, 2.24) is 19.4 Å².